The Morgan fingerprint density at radius 1 is 1.00 bits per heavy atom. The van der Waals surface area contributed by atoms with Crippen LogP contribution in [-0.2, 0) is 6.42 Å². The maximum Gasteiger partial charge on any atom is 0.0758 e. The molecule has 114 valence electrons. The van der Waals surface area contributed by atoms with Crippen LogP contribution in [0.1, 0.15) is 33.7 Å². The minimum absolute atomic E-state index is 0.0918. The molecule has 0 amide bonds. The van der Waals surface area contributed by atoms with Crippen molar-refractivity contribution in [2.24, 2.45) is 0 Å². The van der Waals surface area contributed by atoms with Gasteiger partial charge in [0.15, 0.2) is 0 Å². The van der Waals surface area contributed by atoms with E-state index in [2.05, 4.69) is 68.1 Å². The van der Waals surface area contributed by atoms with E-state index in [4.69, 9.17) is 0 Å². The van der Waals surface area contributed by atoms with Crippen LogP contribution in [0.4, 0.5) is 5.69 Å². The van der Waals surface area contributed by atoms with Crippen LogP contribution in [0.3, 0.4) is 0 Å². The number of aryl methyl sites for hydroxylation is 3. The Bertz CT molecular complexity index is 668. The molecule has 1 unspecified atom stereocenters. The van der Waals surface area contributed by atoms with Crippen molar-refractivity contribution in [1.82, 2.24) is 0 Å². The van der Waals surface area contributed by atoms with Crippen LogP contribution in [0.25, 0.3) is 0 Å². The zero-order valence-electron chi connectivity index (χ0n) is 14.1. The molecule has 0 N–H and O–H groups in total. The highest BCUT2D eigenvalue weighted by Gasteiger charge is 2.17. The van der Waals surface area contributed by atoms with E-state index >= 15 is 0 Å². The molecule has 0 fully saturated rings. The Hall–Kier alpha value is -2.27. The second kappa shape index (κ2) is 6.66. The lowest BCUT2D eigenvalue weighted by atomic mass is 9.86. The van der Waals surface area contributed by atoms with Crippen molar-refractivity contribution in [2.45, 2.75) is 33.1 Å². The third-order valence-electron chi connectivity index (χ3n) is 4.13. The van der Waals surface area contributed by atoms with Gasteiger partial charge in [-0.25, -0.2) is 0 Å². The van der Waals surface area contributed by atoms with E-state index in [-0.39, 0.29) is 5.92 Å². The van der Waals surface area contributed by atoms with E-state index in [1.807, 2.05) is 14.1 Å². The summed E-state index contributed by atoms with van der Waals surface area (Å²) in [6, 6.07) is 15.3. The second-order valence-electron chi connectivity index (χ2n) is 6.26. The van der Waals surface area contributed by atoms with E-state index in [9.17, 15) is 5.26 Å². The van der Waals surface area contributed by atoms with Gasteiger partial charge in [-0.15, -0.1) is 0 Å². The third-order valence-corrected chi connectivity index (χ3v) is 4.13. The maximum atomic E-state index is 9.64. The van der Waals surface area contributed by atoms with Gasteiger partial charge in [-0.3, -0.25) is 0 Å². The van der Waals surface area contributed by atoms with Crippen LogP contribution in [0.2, 0.25) is 0 Å². The van der Waals surface area contributed by atoms with E-state index in [0.29, 0.717) is 0 Å². The lowest BCUT2D eigenvalue weighted by Gasteiger charge is -2.17. The number of benzene rings is 2. The van der Waals surface area contributed by atoms with Gasteiger partial charge in [0.1, 0.15) is 0 Å². The predicted molar refractivity (Wildman–Crippen MR) is 93.5 cm³/mol. The number of nitriles is 1. The van der Waals surface area contributed by atoms with Crippen LogP contribution in [0.5, 0.6) is 0 Å². The van der Waals surface area contributed by atoms with Crippen LogP contribution < -0.4 is 4.90 Å². The number of hydrogen-bond donors (Lipinski definition) is 0. The van der Waals surface area contributed by atoms with E-state index in [1.165, 1.54) is 33.5 Å². The van der Waals surface area contributed by atoms with Gasteiger partial charge in [0, 0.05) is 19.8 Å². The molecule has 0 bridgehead atoms. The number of anilines is 1. The van der Waals surface area contributed by atoms with Crippen molar-refractivity contribution in [3.63, 3.8) is 0 Å². The Labute approximate surface area is 134 Å². The lowest BCUT2D eigenvalue weighted by Crippen LogP contribution is -2.09. The zero-order chi connectivity index (χ0) is 16.3. The highest BCUT2D eigenvalue weighted by molar-refractivity contribution is 5.47. The van der Waals surface area contributed by atoms with Crippen molar-refractivity contribution < 1.29 is 0 Å². The fraction of sp³-hybridized carbons (Fsp3) is 0.350. The monoisotopic (exact) mass is 292 g/mol. The normalized spacial score (nSPS) is 11.8. The molecule has 2 aromatic carbocycles. The molecule has 0 aromatic heterocycles. The second-order valence-corrected chi connectivity index (χ2v) is 6.26. The zero-order valence-corrected chi connectivity index (χ0v) is 14.1. The summed E-state index contributed by atoms with van der Waals surface area (Å²) in [7, 11) is 4.07. The molecule has 0 aliphatic carbocycles. The fourth-order valence-electron chi connectivity index (χ4n) is 3.12. The van der Waals surface area contributed by atoms with Crippen LogP contribution in [0.15, 0.2) is 36.4 Å². The Balaban J connectivity index is 2.29. The topological polar surface area (TPSA) is 27.0 Å². The summed E-state index contributed by atoms with van der Waals surface area (Å²) in [5.74, 6) is -0.0918. The molecule has 2 nitrogen and oxygen atoms in total. The minimum atomic E-state index is -0.0918. The molecule has 22 heavy (non-hydrogen) atoms. The Morgan fingerprint density at radius 2 is 1.55 bits per heavy atom. The smallest absolute Gasteiger partial charge is 0.0758 e. The molecule has 0 aliphatic heterocycles. The largest absolute Gasteiger partial charge is 0.378 e. The molecule has 1 atom stereocenters. The Morgan fingerprint density at radius 3 is 2.00 bits per heavy atom. The summed E-state index contributed by atoms with van der Waals surface area (Å²) in [5.41, 5.74) is 7.26. The number of rotatable bonds is 4. The molecule has 0 heterocycles. The molecule has 2 aromatic rings. The van der Waals surface area contributed by atoms with E-state index in [1.54, 1.807) is 0 Å². The van der Waals surface area contributed by atoms with Crippen LogP contribution >= 0.6 is 0 Å². The van der Waals surface area contributed by atoms with E-state index in [0.717, 1.165) is 6.42 Å². The summed E-state index contributed by atoms with van der Waals surface area (Å²) in [5, 5.41) is 9.64. The van der Waals surface area contributed by atoms with Crippen molar-refractivity contribution in [2.75, 3.05) is 19.0 Å². The maximum absolute atomic E-state index is 9.64. The average molecular weight is 292 g/mol. The SMILES string of the molecule is Cc1cc(C)c(C(C#N)Cc2ccc(N(C)C)cc2)c(C)c1. The number of nitrogens with zero attached hydrogens (tertiary/aromatic N) is 2. The summed E-state index contributed by atoms with van der Waals surface area (Å²) < 4.78 is 0. The van der Waals surface area contributed by atoms with Gasteiger partial charge in [-0.05, 0) is 61.6 Å². The first-order valence-corrected chi connectivity index (χ1v) is 7.66. The molecular weight excluding hydrogens is 268 g/mol. The molecule has 0 saturated heterocycles. The molecule has 2 heteroatoms. The summed E-state index contributed by atoms with van der Waals surface area (Å²) in [6.07, 6.45) is 0.759. The third kappa shape index (κ3) is 3.49. The molecule has 0 radical (unpaired) electrons. The van der Waals surface area contributed by atoms with Gasteiger partial charge in [-0.2, -0.15) is 5.26 Å². The number of hydrogen-bond acceptors (Lipinski definition) is 2. The van der Waals surface area contributed by atoms with Gasteiger partial charge in [0.2, 0.25) is 0 Å². The quantitative estimate of drug-likeness (QED) is 0.828. The van der Waals surface area contributed by atoms with E-state index < -0.39 is 0 Å². The molecule has 0 spiro atoms. The van der Waals surface area contributed by atoms with Crippen molar-refractivity contribution in [3.05, 3.63) is 64.2 Å². The van der Waals surface area contributed by atoms with Crippen molar-refractivity contribution in [3.8, 4) is 6.07 Å². The standard InChI is InChI=1S/C20H24N2/c1-14-10-15(2)20(16(3)11-14)18(13-21)12-17-6-8-19(9-7-17)22(4)5/h6-11,18H,12H2,1-5H3. The van der Waals surface area contributed by atoms with Gasteiger partial charge in [0.25, 0.3) is 0 Å². The van der Waals surface area contributed by atoms with Crippen molar-refractivity contribution in [1.29, 1.82) is 5.26 Å². The van der Waals surface area contributed by atoms with Crippen LogP contribution in [-0.4, -0.2) is 14.1 Å². The molecule has 0 saturated carbocycles. The first-order chi connectivity index (χ1) is 10.4. The first-order valence-electron chi connectivity index (χ1n) is 7.66. The lowest BCUT2D eigenvalue weighted by molar-refractivity contribution is 0.832. The molecular formula is C20H24N2. The van der Waals surface area contributed by atoms with Gasteiger partial charge < -0.3 is 4.90 Å². The summed E-state index contributed by atoms with van der Waals surface area (Å²) >= 11 is 0. The molecule has 2 rings (SSSR count). The van der Waals surface area contributed by atoms with Crippen LogP contribution in [0, 0.1) is 32.1 Å². The highest BCUT2D eigenvalue weighted by atomic mass is 15.1. The van der Waals surface area contributed by atoms with Gasteiger partial charge in [0.05, 0.1) is 12.0 Å². The van der Waals surface area contributed by atoms with Gasteiger partial charge in [-0.1, -0.05) is 29.8 Å². The first kappa shape index (κ1) is 16.1. The average Bonchev–Trinajstić information content (AvgIpc) is 2.45. The predicted octanol–water partition coefficient (Wildman–Crippen LogP) is 4.53. The fourth-order valence-corrected chi connectivity index (χ4v) is 3.12. The minimum Gasteiger partial charge on any atom is -0.378 e. The summed E-state index contributed by atoms with van der Waals surface area (Å²) in [4.78, 5) is 2.08. The molecule has 0 aliphatic rings. The van der Waals surface area contributed by atoms with Gasteiger partial charge >= 0.3 is 0 Å². The van der Waals surface area contributed by atoms with Crippen molar-refractivity contribution >= 4 is 5.69 Å². The summed E-state index contributed by atoms with van der Waals surface area (Å²) in [6.45, 7) is 6.31. The Kier molecular flexibility index (Phi) is 4.88. The highest BCUT2D eigenvalue weighted by Crippen LogP contribution is 2.28.